The van der Waals surface area contributed by atoms with Crippen LogP contribution in [0.4, 0.5) is 0 Å². The third-order valence-corrected chi connectivity index (χ3v) is 3.36. The van der Waals surface area contributed by atoms with Crippen molar-refractivity contribution in [3.8, 4) is 0 Å². The van der Waals surface area contributed by atoms with Crippen molar-refractivity contribution < 1.29 is 10.2 Å². The Labute approximate surface area is 95.6 Å². The van der Waals surface area contributed by atoms with Gasteiger partial charge in [0.05, 0.1) is 6.10 Å². The van der Waals surface area contributed by atoms with Crippen LogP contribution < -0.4 is 0 Å². The van der Waals surface area contributed by atoms with E-state index in [0.717, 1.165) is 11.1 Å². The molecule has 2 heteroatoms. The largest absolute Gasteiger partial charge is 0.508 e. The number of hydrogen-bond acceptors (Lipinski definition) is 2. The van der Waals surface area contributed by atoms with Gasteiger partial charge in [-0.25, -0.2) is 0 Å². The molecule has 2 N–H and O–H groups in total. The van der Waals surface area contributed by atoms with E-state index in [1.165, 1.54) is 6.08 Å². The third-order valence-electron chi connectivity index (χ3n) is 3.36. The quantitative estimate of drug-likeness (QED) is 0.746. The Hall–Kier alpha value is -1.54. The number of fused-ring (bicyclic) bond motifs is 1. The molecule has 2 unspecified atom stereocenters. The normalized spacial score (nSPS) is 28.1. The van der Waals surface area contributed by atoms with Gasteiger partial charge in [0, 0.05) is 11.0 Å². The van der Waals surface area contributed by atoms with E-state index in [9.17, 15) is 10.2 Å². The molecule has 0 saturated heterocycles. The van der Waals surface area contributed by atoms with Crippen molar-refractivity contribution in [2.75, 3.05) is 0 Å². The van der Waals surface area contributed by atoms with Gasteiger partial charge >= 0.3 is 0 Å². The summed E-state index contributed by atoms with van der Waals surface area (Å²) in [6, 6.07) is 7.63. The summed E-state index contributed by atoms with van der Waals surface area (Å²) in [5.74, 6) is 0.157. The van der Waals surface area contributed by atoms with Crippen LogP contribution in [0.2, 0.25) is 0 Å². The van der Waals surface area contributed by atoms with Crippen LogP contribution in [0.5, 0.6) is 0 Å². The molecule has 1 aliphatic carbocycles. The number of allylic oxidation sites excluding steroid dienone is 1. The van der Waals surface area contributed by atoms with Crippen LogP contribution >= 0.6 is 0 Å². The van der Waals surface area contributed by atoms with E-state index in [4.69, 9.17) is 0 Å². The van der Waals surface area contributed by atoms with Crippen molar-refractivity contribution in [1.82, 2.24) is 0 Å². The van der Waals surface area contributed by atoms with E-state index in [1.54, 1.807) is 6.08 Å². The lowest BCUT2D eigenvalue weighted by atomic mass is 9.70. The molecule has 84 valence electrons. The minimum atomic E-state index is -0.680. The van der Waals surface area contributed by atoms with Gasteiger partial charge in [-0.2, -0.15) is 0 Å². The van der Waals surface area contributed by atoms with Gasteiger partial charge in [-0.15, -0.1) is 6.58 Å². The Balaban J connectivity index is 2.62. The van der Waals surface area contributed by atoms with Crippen molar-refractivity contribution in [1.29, 1.82) is 0 Å². The first-order valence-electron chi connectivity index (χ1n) is 5.39. The summed E-state index contributed by atoms with van der Waals surface area (Å²) < 4.78 is 0. The third kappa shape index (κ3) is 1.46. The fourth-order valence-corrected chi connectivity index (χ4v) is 2.32. The van der Waals surface area contributed by atoms with Crippen molar-refractivity contribution in [3.05, 3.63) is 54.1 Å². The molecule has 2 rings (SSSR count). The molecule has 0 amide bonds. The van der Waals surface area contributed by atoms with Gasteiger partial charge in [-0.3, -0.25) is 0 Å². The van der Waals surface area contributed by atoms with E-state index in [1.807, 2.05) is 31.2 Å². The average Bonchev–Trinajstić information content (AvgIpc) is 2.27. The number of aliphatic hydroxyl groups is 2. The van der Waals surface area contributed by atoms with Crippen molar-refractivity contribution in [3.63, 3.8) is 0 Å². The second-order valence-electron chi connectivity index (χ2n) is 4.45. The van der Waals surface area contributed by atoms with Crippen molar-refractivity contribution in [2.24, 2.45) is 0 Å². The second kappa shape index (κ2) is 3.80. The molecule has 0 saturated carbocycles. The van der Waals surface area contributed by atoms with Gasteiger partial charge < -0.3 is 10.2 Å². The summed E-state index contributed by atoms with van der Waals surface area (Å²) in [7, 11) is 0. The van der Waals surface area contributed by atoms with Crippen LogP contribution in [-0.2, 0) is 5.41 Å². The molecular formula is C14H16O2. The molecule has 1 aromatic rings. The SMILES string of the molecule is C=CCC1(C)c2ccccc2C(O)=CC1O. The summed E-state index contributed by atoms with van der Waals surface area (Å²) in [4.78, 5) is 0. The smallest absolute Gasteiger partial charge is 0.121 e. The average molecular weight is 216 g/mol. The minimum Gasteiger partial charge on any atom is -0.508 e. The van der Waals surface area contributed by atoms with E-state index in [0.29, 0.717) is 6.42 Å². The molecule has 0 aromatic heterocycles. The van der Waals surface area contributed by atoms with Crippen molar-refractivity contribution in [2.45, 2.75) is 24.9 Å². The van der Waals surface area contributed by atoms with Gasteiger partial charge in [-0.1, -0.05) is 37.3 Å². The molecule has 16 heavy (non-hydrogen) atoms. The summed E-state index contributed by atoms with van der Waals surface area (Å²) in [5.41, 5.74) is 1.38. The Kier molecular flexibility index (Phi) is 2.60. The van der Waals surface area contributed by atoms with Crippen LogP contribution in [-0.4, -0.2) is 16.3 Å². The summed E-state index contributed by atoms with van der Waals surface area (Å²) in [6.07, 6.45) is 3.30. The molecule has 1 aliphatic rings. The molecule has 2 atom stereocenters. The number of aliphatic hydroxyl groups excluding tert-OH is 2. The standard InChI is InChI=1S/C14H16O2/c1-3-8-14(2)11-7-5-4-6-10(11)12(15)9-13(14)16/h3-7,9,13,15-16H,1,8H2,2H3. The Morgan fingerprint density at radius 1 is 1.44 bits per heavy atom. The minimum absolute atomic E-state index is 0.157. The highest BCUT2D eigenvalue weighted by molar-refractivity contribution is 5.67. The zero-order valence-corrected chi connectivity index (χ0v) is 9.35. The van der Waals surface area contributed by atoms with E-state index in [2.05, 4.69) is 6.58 Å². The predicted octanol–water partition coefficient (Wildman–Crippen LogP) is 2.79. The molecule has 0 spiro atoms. The zero-order chi connectivity index (χ0) is 11.8. The van der Waals surface area contributed by atoms with E-state index in [-0.39, 0.29) is 5.76 Å². The highest BCUT2D eigenvalue weighted by atomic mass is 16.3. The Bertz CT molecular complexity index is 448. The van der Waals surface area contributed by atoms with Crippen LogP contribution in [0, 0.1) is 0 Å². The molecule has 0 bridgehead atoms. The summed E-state index contributed by atoms with van der Waals surface area (Å²) in [5, 5.41) is 19.9. The lowest BCUT2D eigenvalue weighted by Crippen LogP contribution is -2.38. The van der Waals surface area contributed by atoms with Crippen LogP contribution in [0.1, 0.15) is 24.5 Å². The maximum atomic E-state index is 10.1. The number of hydrogen-bond donors (Lipinski definition) is 2. The van der Waals surface area contributed by atoms with E-state index < -0.39 is 11.5 Å². The molecule has 0 heterocycles. The first-order valence-corrected chi connectivity index (χ1v) is 5.39. The Morgan fingerprint density at radius 3 is 2.81 bits per heavy atom. The zero-order valence-electron chi connectivity index (χ0n) is 9.35. The second-order valence-corrected chi connectivity index (χ2v) is 4.45. The molecule has 1 aromatic carbocycles. The van der Waals surface area contributed by atoms with Gasteiger partial charge in [-0.05, 0) is 18.1 Å². The first kappa shape index (κ1) is 11.0. The Morgan fingerprint density at radius 2 is 2.12 bits per heavy atom. The fraction of sp³-hybridized carbons (Fsp3) is 0.286. The highest BCUT2D eigenvalue weighted by Crippen LogP contribution is 2.40. The molecular weight excluding hydrogens is 200 g/mol. The maximum absolute atomic E-state index is 10.1. The van der Waals surface area contributed by atoms with Gasteiger partial charge in [0.15, 0.2) is 0 Å². The van der Waals surface area contributed by atoms with Crippen LogP contribution in [0.3, 0.4) is 0 Å². The summed E-state index contributed by atoms with van der Waals surface area (Å²) >= 11 is 0. The van der Waals surface area contributed by atoms with Crippen LogP contribution in [0.15, 0.2) is 43.0 Å². The molecule has 2 nitrogen and oxygen atoms in total. The summed E-state index contributed by atoms with van der Waals surface area (Å²) in [6.45, 7) is 5.72. The first-order chi connectivity index (χ1) is 7.59. The van der Waals surface area contributed by atoms with Crippen molar-refractivity contribution >= 4 is 5.76 Å². The topological polar surface area (TPSA) is 40.5 Å². The fourth-order valence-electron chi connectivity index (χ4n) is 2.32. The monoisotopic (exact) mass is 216 g/mol. The molecule has 0 aliphatic heterocycles. The lowest BCUT2D eigenvalue weighted by Gasteiger charge is -2.37. The van der Waals surface area contributed by atoms with Gasteiger partial charge in [0.1, 0.15) is 5.76 Å². The number of rotatable bonds is 2. The highest BCUT2D eigenvalue weighted by Gasteiger charge is 2.38. The van der Waals surface area contributed by atoms with Gasteiger partial charge in [0.2, 0.25) is 0 Å². The maximum Gasteiger partial charge on any atom is 0.121 e. The van der Waals surface area contributed by atoms with Crippen LogP contribution in [0.25, 0.3) is 5.76 Å². The molecule has 0 fully saturated rings. The van der Waals surface area contributed by atoms with E-state index >= 15 is 0 Å². The molecule has 0 radical (unpaired) electrons. The van der Waals surface area contributed by atoms with Gasteiger partial charge in [0.25, 0.3) is 0 Å². The lowest BCUT2D eigenvalue weighted by molar-refractivity contribution is 0.130. The number of benzene rings is 1. The predicted molar refractivity (Wildman–Crippen MR) is 65.2 cm³/mol.